The monoisotopic (exact) mass is 426 g/mol. The molecule has 2 aromatic carbocycles. The van der Waals surface area contributed by atoms with Crippen molar-refractivity contribution < 1.29 is 23.9 Å². The predicted octanol–water partition coefficient (Wildman–Crippen LogP) is 2.87. The molecule has 3 N–H and O–H groups in total. The molecule has 0 saturated carbocycles. The normalized spacial score (nSPS) is 12.5. The molecule has 0 heterocycles. The van der Waals surface area contributed by atoms with Gasteiger partial charge >= 0.3 is 11.9 Å². The fourth-order valence-corrected chi connectivity index (χ4v) is 2.83. The molecule has 0 radical (unpaired) electrons. The molecule has 31 heavy (non-hydrogen) atoms. The van der Waals surface area contributed by atoms with Crippen LogP contribution in [0.15, 0.2) is 60.7 Å². The van der Waals surface area contributed by atoms with Crippen molar-refractivity contribution in [2.24, 2.45) is 5.73 Å². The first-order valence-corrected chi connectivity index (χ1v) is 10.5. The Bertz CT molecular complexity index is 826. The van der Waals surface area contributed by atoms with Crippen LogP contribution in [-0.2, 0) is 37.1 Å². The molecular weight excluding hydrogens is 396 g/mol. The minimum Gasteiger partial charge on any atom is -0.461 e. The molecule has 7 nitrogen and oxygen atoms in total. The van der Waals surface area contributed by atoms with Crippen LogP contribution in [-0.4, -0.2) is 29.9 Å². The lowest BCUT2D eigenvalue weighted by Gasteiger charge is -2.20. The van der Waals surface area contributed by atoms with Crippen molar-refractivity contribution >= 4 is 17.8 Å². The van der Waals surface area contributed by atoms with Crippen molar-refractivity contribution in [1.29, 1.82) is 0 Å². The number of amides is 1. The van der Waals surface area contributed by atoms with Crippen LogP contribution in [0.3, 0.4) is 0 Å². The minimum absolute atomic E-state index is 0.110. The topological polar surface area (TPSA) is 108 Å². The summed E-state index contributed by atoms with van der Waals surface area (Å²) < 4.78 is 10.5. The Labute approximate surface area is 182 Å². The van der Waals surface area contributed by atoms with E-state index in [0.29, 0.717) is 6.42 Å². The van der Waals surface area contributed by atoms with Crippen LogP contribution >= 0.6 is 0 Å². The van der Waals surface area contributed by atoms with Gasteiger partial charge in [0.15, 0.2) is 0 Å². The van der Waals surface area contributed by atoms with Gasteiger partial charge in [-0.1, -0.05) is 80.4 Å². The van der Waals surface area contributed by atoms with Gasteiger partial charge in [0.25, 0.3) is 0 Å². The van der Waals surface area contributed by atoms with Gasteiger partial charge in [0.1, 0.15) is 19.3 Å². The molecule has 1 amide bonds. The summed E-state index contributed by atoms with van der Waals surface area (Å²) in [5, 5.41) is 2.62. The summed E-state index contributed by atoms with van der Waals surface area (Å²) in [6.07, 6.45) is 1.75. The molecule has 0 spiro atoms. The molecule has 166 valence electrons. The number of esters is 2. The van der Waals surface area contributed by atoms with Crippen molar-refractivity contribution in [3.63, 3.8) is 0 Å². The highest BCUT2D eigenvalue weighted by atomic mass is 16.5. The zero-order chi connectivity index (χ0) is 22.5. The fraction of sp³-hybridized carbons (Fsp3) is 0.375. The van der Waals surface area contributed by atoms with Gasteiger partial charge in [-0.05, 0) is 17.5 Å². The standard InChI is InChI=1S/C24H30N2O5/c1-2-3-14-21(24(29)31-17-19-12-8-5-9-13-19)26-23(28)20(25)15-22(27)30-16-18-10-6-4-7-11-18/h4-13,20-21H,2-3,14-17,25H2,1H3,(H,26,28)/t20-,21-/m0/s1. The highest BCUT2D eigenvalue weighted by Gasteiger charge is 2.26. The Morgan fingerprint density at radius 1 is 0.903 bits per heavy atom. The Morgan fingerprint density at radius 3 is 2.00 bits per heavy atom. The lowest BCUT2D eigenvalue weighted by Crippen LogP contribution is -2.49. The van der Waals surface area contributed by atoms with E-state index in [1.165, 1.54) is 0 Å². The quantitative estimate of drug-likeness (QED) is 0.505. The van der Waals surface area contributed by atoms with Gasteiger partial charge in [0, 0.05) is 0 Å². The maximum Gasteiger partial charge on any atom is 0.328 e. The second-order valence-electron chi connectivity index (χ2n) is 7.25. The van der Waals surface area contributed by atoms with E-state index < -0.39 is 29.9 Å². The van der Waals surface area contributed by atoms with Crippen LogP contribution < -0.4 is 11.1 Å². The Balaban J connectivity index is 1.83. The summed E-state index contributed by atoms with van der Waals surface area (Å²) >= 11 is 0. The molecule has 0 fully saturated rings. The number of carbonyl (C=O) groups excluding carboxylic acids is 3. The van der Waals surface area contributed by atoms with E-state index in [0.717, 1.165) is 24.0 Å². The zero-order valence-corrected chi connectivity index (χ0v) is 17.8. The number of nitrogens with two attached hydrogens (primary N) is 1. The van der Waals surface area contributed by atoms with E-state index in [1.807, 2.05) is 67.6 Å². The van der Waals surface area contributed by atoms with Gasteiger partial charge in [0.2, 0.25) is 5.91 Å². The van der Waals surface area contributed by atoms with Gasteiger partial charge in [-0.15, -0.1) is 0 Å². The first kappa shape index (κ1) is 24.1. The number of carbonyl (C=O) groups is 3. The Morgan fingerprint density at radius 2 is 1.45 bits per heavy atom. The second kappa shape index (κ2) is 13.2. The van der Waals surface area contributed by atoms with Crippen LogP contribution in [0.5, 0.6) is 0 Å². The maximum absolute atomic E-state index is 12.5. The summed E-state index contributed by atoms with van der Waals surface area (Å²) in [6, 6.07) is 16.6. The first-order valence-electron chi connectivity index (χ1n) is 10.5. The van der Waals surface area contributed by atoms with Gasteiger partial charge < -0.3 is 20.5 Å². The van der Waals surface area contributed by atoms with Gasteiger partial charge in [-0.25, -0.2) is 4.79 Å². The molecule has 0 saturated heterocycles. The Hall–Kier alpha value is -3.19. The summed E-state index contributed by atoms with van der Waals surface area (Å²) in [4.78, 5) is 37.0. The van der Waals surface area contributed by atoms with E-state index in [2.05, 4.69) is 5.32 Å². The number of hydrogen-bond donors (Lipinski definition) is 2. The highest BCUT2D eigenvalue weighted by Crippen LogP contribution is 2.08. The molecular formula is C24H30N2O5. The van der Waals surface area contributed by atoms with Crippen molar-refractivity contribution in [2.75, 3.05) is 0 Å². The Kier molecular flexibility index (Phi) is 10.2. The van der Waals surface area contributed by atoms with Crippen LogP contribution in [0, 0.1) is 0 Å². The summed E-state index contributed by atoms with van der Waals surface area (Å²) in [5.74, 6) is -1.69. The molecule has 0 aliphatic rings. The largest absolute Gasteiger partial charge is 0.461 e. The maximum atomic E-state index is 12.5. The molecule has 2 aromatic rings. The third-order valence-electron chi connectivity index (χ3n) is 4.64. The van der Waals surface area contributed by atoms with E-state index >= 15 is 0 Å². The van der Waals surface area contributed by atoms with Gasteiger partial charge in [0.05, 0.1) is 12.5 Å². The number of benzene rings is 2. The van der Waals surface area contributed by atoms with Crippen molar-refractivity contribution in [1.82, 2.24) is 5.32 Å². The molecule has 2 atom stereocenters. The number of nitrogens with one attached hydrogen (secondary N) is 1. The molecule has 0 aromatic heterocycles. The molecule has 7 heteroatoms. The summed E-state index contributed by atoms with van der Waals surface area (Å²) in [6.45, 7) is 2.22. The average molecular weight is 427 g/mol. The lowest BCUT2D eigenvalue weighted by atomic mass is 10.1. The molecule has 0 aliphatic heterocycles. The predicted molar refractivity (Wildman–Crippen MR) is 117 cm³/mol. The zero-order valence-electron chi connectivity index (χ0n) is 17.8. The third-order valence-corrected chi connectivity index (χ3v) is 4.64. The second-order valence-corrected chi connectivity index (χ2v) is 7.25. The summed E-state index contributed by atoms with van der Waals surface area (Å²) in [7, 11) is 0. The number of unbranched alkanes of at least 4 members (excludes halogenated alkanes) is 1. The molecule has 0 unspecified atom stereocenters. The van der Waals surface area contributed by atoms with Gasteiger partial charge in [-0.3, -0.25) is 9.59 Å². The lowest BCUT2D eigenvalue weighted by molar-refractivity contribution is -0.150. The van der Waals surface area contributed by atoms with E-state index in [9.17, 15) is 14.4 Å². The van der Waals surface area contributed by atoms with Crippen LogP contribution in [0.4, 0.5) is 0 Å². The highest BCUT2D eigenvalue weighted by molar-refractivity contribution is 5.90. The van der Waals surface area contributed by atoms with Crippen molar-refractivity contribution in [3.8, 4) is 0 Å². The summed E-state index contributed by atoms with van der Waals surface area (Å²) in [5.41, 5.74) is 7.56. The van der Waals surface area contributed by atoms with Crippen molar-refractivity contribution in [2.45, 2.75) is 57.9 Å². The number of hydrogen-bond acceptors (Lipinski definition) is 6. The molecule has 0 bridgehead atoms. The van der Waals surface area contributed by atoms with E-state index in [1.54, 1.807) is 0 Å². The minimum atomic E-state index is -1.12. The molecule has 2 rings (SSSR count). The third kappa shape index (κ3) is 9.00. The van der Waals surface area contributed by atoms with Crippen molar-refractivity contribution in [3.05, 3.63) is 71.8 Å². The van der Waals surface area contributed by atoms with Crippen LogP contribution in [0.1, 0.15) is 43.7 Å². The smallest absolute Gasteiger partial charge is 0.328 e. The fourth-order valence-electron chi connectivity index (χ4n) is 2.83. The van der Waals surface area contributed by atoms with E-state index in [-0.39, 0.29) is 19.6 Å². The van der Waals surface area contributed by atoms with Gasteiger partial charge in [-0.2, -0.15) is 0 Å². The first-order chi connectivity index (χ1) is 15.0. The van der Waals surface area contributed by atoms with E-state index in [4.69, 9.17) is 15.2 Å². The van der Waals surface area contributed by atoms with Crippen LogP contribution in [0.2, 0.25) is 0 Å². The van der Waals surface area contributed by atoms with Crippen LogP contribution in [0.25, 0.3) is 0 Å². The number of ether oxygens (including phenoxy) is 2. The SMILES string of the molecule is CCCC[C@H](NC(=O)[C@@H](N)CC(=O)OCc1ccccc1)C(=O)OCc1ccccc1. The number of rotatable bonds is 12. The average Bonchev–Trinajstić information content (AvgIpc) is 2.80. The molecule has 0 aliphatic carbocycles.